The van der Waals surface area contributed by atoms with E-state index in [2.05, 4.69) is 15.0 Å². The van der Waals surface area contributed by atoms with Crippen molar-refractivity contribution >= 4 is 0 Å². The van der Waals surface area contributed by atoms with Crippen LogP contribution in [0, 0.1) is 6.92 Å². The SMILES string of the molecule is COc1ccc(Oc2ccc(Oc3nc(C)nc(Oc4ccccc4)n3)cc2)cc1. The van der Waals surface area contributed by atoms with Crippen molar-refractivity contribution < 1.29 is 18.9 Å². The highest BCUT2D eigenvalue weighted by Crippen LogP contribution is 2.27. The van der Waals surface area contributed by atoms with Crippen molar-refractivity contribution in [1.82, 2.24) is 15.0 Å². The van der Waals surface area contributed by atoms with Crippen LogP contribution in [0.15, 0.2) is 78.9 Å². The van der Waals surface area contributed by atoms with Crippen molar-refractivity contribution in [3.8, 4) is 40.8 Å². The summed E-state index contributed by atoms with van der Waals surface area (Å²) in [5.74, 6) is 3.84. The van der Waals surface area contributed by atoms with E-state index in [-0.39, 0.29) is 12.0 Å². The maximum absolute atomic E-state index is 5.82. The summed E-state index contributed by atoms with van der Waals surface area (Å²) in [4.78, 5) is 12.6. The fourth-order valence-electron chi connectivity index (χ4n) is 2.58. The quantitative estimate of drug-likeness (QED) is 0.401. The minimum absolute atomic E-state index is 0.150. The van der Waals surface area contributed by atoms with Gasteiger partial charge in [-0.1, -0.05) is 18.2 Å². The molecule has 0 saturated carbocycles. The molecule has 0 amide bonds. The average molecular weight is 401 g/mol. The van der Waals surface area contributed by atoms with Crippen molar-refractivity contribution in [1.29, 1.82) is 0 Å². The number of hydrogen-bond donors (Lipinski definition) is 0. The zero-order valence-electron chi connectivity index (χ0n) is 16.5. The van der Waals surface area contributed by atoms with E-state index >= 15 is 0 Å². The summed E-state index contributed by atoms with van der Waals surface area (Å²) in [7, 11) is 1.62. The van der Waals surface area contributed by atoms with Gasteiger partial charge in [-0.3, -0.25) is 0 Å². The highest BCUT2D eigenvalue weighted by atomic mass is 16.5. The average Bonchev–Trinajstić information content (AvgIpc) is 2.76. The lowest BCUT2D eigenvalue weighted by Gasteiger charge is -2.09. The molecule has 0 atom stereocenters. The maximum Gasteiger partial charge on any atom is 0.328 e. The number of benzene rings is 3. The lowest BCUT2D eigenvalue weighted by molar-refractivity contribution is 0.393. The smallest absolute Gasteiger partial charge is 0.328 e. The molecule has 0 unspecified atom stereocenters. The Kier molecular flexibility index (Phi) is 5.70. The second-order valence-electron chi connectivity index (χ2n) is 6.21. The number of rotatable bonds is 7. The van der Waals surface area contributed by atoms with Crippen LogP contribution in [0.25, 0.3) is 0 Å². The first-order valence-electron chi connectivity index (χ1n) is 9.23. The molecule has 4 aromatic rings. The summed E-state index contributed by atoms with van der Waals surface area (Å²) < 4.78 is 22.4. The van der Waals surface area contributed by atoms with Gasteiger partial charge < -0.3 is 18.9 Å². The molecule has 0 spiro atoms. The first kappa shape index (κ1) is 19.2. The standard InChI is InChI=1S/C23H19N3O4/c1-16-24-22(29-18-6-4-3-5-7-18)26-23(25-16)30-21-14-12-20(13-15-21)28-19-10-8-17(27-2)9-11-19/h3-15H,1-2H3. The molecule has 150 valence electrons. The number of methoxy groups -OCH3 is 1. The van der Waals surface area contributed by atoms with Crippen LogP contribution in [0.4, 0.5) is 0 Å². The van der Waals surface area contributed by atoms with E-state index in [9.17, 15) is 0 Å². The Hall–Kier alpha value is -4.13. The molecule has 0 aliphatic rings. The minimum atomic E-state index is 0.150. The van der Waals surface area contributed by atoms with Gasteiger partial charge in [-0.05, 0) is 67.6 Å². The molecule has 1 heterocycles. The van der Waals surface area contributed by atoms with Crippen molar-refractivity contribution in [3.05, 3.63) is 84.7 Å². The molecule has 0 aliphatic heterocycles. The zero-order chi connectivity index (χ0) is 20.8. The molecular formula is C23H19N3O4. The van der Waals surface area contributed by atoms with Gasteiger partial charge in [0.05, 0.1) is 7.11 Å². The topological polar surface area (TPSA) is 75.6 Å². The van der Waals surface area contributed by atoms with Gasteiger partial charge in [-0.25, -0.2) is 0 Å². The van der Waals surface area contributed by atoms with Crippen molar-refractivity contribution in [2.45, 2.75) is 6.92 Å². The molecular weight excluding hydrogens is 382 g/mol. The summed E-state index contributed by atoms with van der Waals surface area (Å²) in [5.41, 5.74) is 0. The fraction of sp³-hybridized carbons (Fsp3) is 0.0870. The molecule has 0 N–H and O–H groups in total. The first-order valence-corrected chi connectivity index (χ1v) is 9.23. The van der Waals surface area contributed by atoms with Crippen molar-refractivity contribution in [3.63, 3.8) is 0 Å². The number of hydrogen-bond acceptors (Lipinski definition) is 7. The third-order valence-corrected chi connectivity index (χ3v) is 3.99. The van der Waals surface area contributed by atoms with E-state index in [0.29, 0.717) is 28.8 Å². The number of ether oxygens (including phenoxy) is 4. The van der Waals surface area contributed by atoms with Gasteiger partial charge in [0, 0.05) is 0 Å². The molecule has 7 nitrogen and oxygen atoms in total. The predicted octanol–water partition coefficient (Wildman–Crippen LogP) is 5.57. The first-order chi connectivity index (χ1) is 14.7. The molecule has 30 heavy (non-hydrogen) atoms. The van der Waals surface area contributed by atoms with Crippen LogP contribution in [-0.4, -0.2) is 22.1 Å². The zero-order valence-corrected chi connectivity index (χ0v) is 16.5. The molecule has 0 radical (unpaired) electrons. The predicted molar refractivity (Wildman–Crippen MR) is 111 cm³/mol. The van der Waals surface area contributed by atoms with Crippen LogP contribution >= 0.6 is 0 Å². The summed E-state index contributed by atoms with van der Waals surface area (Å²) in [5, 5.41) is 0. The molecule has 1 aromatic heterocycles. The largest absolute Gasteiger partial charge is 0.497 e. The van der Waals surface area contributed by atoms with Crippen LogP contribution in [0.3, 0.4) is 0 Å². The lowest BCUT2D eigenvalue weighted by atomic mass is 10.3. The Morgan fingerprint density at radius 2 is 0.933 bits per heavy atom. The van der Waals surface area contributed by atoms with Gasteiger partial charge in [0.2, 0.25) is 0 Å². The molecule has 7 heteroatoms. The Morgan fingerprint density at radius 1 is 0.500 bits per heavy atom. The van der Waals surface area contributed by atoms with Gasteiger partial charge in [-0.2, -0.15) is 9.97 Å². The highest BCUT2D eigenvalue weighted by Gasteiger charge is 2.09. The summed E-state index contributed by atoms with van der Waals surface area (Å²) in [6.07, 6.45) is 0. The Balaban J connectivity index is 1.43. The Labute approximate surface area is 173 Å². The fourth-order valence-corrected chi connectivity index (χ4v) is 2.58. The summed E-state index contributed by atoms with van der Waals surface area (Å²) in [6, 6.07) is 24.1. The Bertz CT molecular complexity index is 1100. The second-order valence-corrected chi connectivity index (χ2v) is 6.21. The van der Waals surface area contributed by atoms with Crippen LogP contribution in [0.2, 0.25) is 0 Å². The number of nitrogens with zero attached hydrogens (tertiary/aromatic N) is 3. The summed E-state index contributed by atoms with van der Waals surface area (Å²) >= 11 is 0. The van der Waals surface area contributed by atoms with Gasteiger partial charge in [-0.15, -0.1) is 4.98 Å². The van der Waals surface area contributed by atoms with E-state index in [1.54, 1.807) is 38.3 Å². The number of para-hydroxylation sites is 1. The van der Waals surface area contributed by atoms with Crippen LogP contribution in [0.5, 0.6) is 40.8 Å². The monoisotopic (exact) mass is 401 g/mol. The van der Waals surface area contributed by atoms with Gasteiger partial charge in [0.15, 0.2) is 0 Å². The second kappa shape index (κ2) is 8.91. The van der Waals surface area contributed by atoms with Crippen LogP contribution in [0.1, 0.15) is 5.82 Å². The molecule has 0 bridgehead atoms. The van der Waals surface area contributed by atoms with Gasteiger partial charge >= 0.3 is 12.0 Å². The molecule has 3 aromatic carbocycles. The molecule has 0 aliphatic carbocycles. The summed E-state index contributed by atoms with van der Waals surface area (Å²) in [6.45, 7) is 1.75. The van der Waals surface area contributed by atoms with E-state index in [4.69, 9.17) is 18.9 Å². The van der Waals surface area contributed by atoms with Crippen LogP contribution < -0.4 is 18.9 Å². The Morgan fingerprint density at radius 3 is 1.43 bits per heavy atom. The molecule has 0 saturated heterocycles. The van der Waals surface area contributed by atoms with E-state index < -0.39 is 0 Å². The lowest BCUT2D eigenvalue weighted by Crippen LogP contribution is -2.00. The van der Waals surface area contributed by atoms with E-state index in [1.165, 1.54) is 0 Å². The van der Waals surface area contributed by atoms with Crippen molar-refractivity contribution in [2.75, 3.05) is 7.11 Å². The third kappa shape index (κ3) is 5.02. The molecule has 0 fully saturated rings. The molecule has 4 rings (SSSR count). The minimum Gasteiger partial charge on any atom is -0.497 e. The maximum atomic E-state index is 5.82. The number of aryl methyl sites for hydroxylation is 1. The van der Waals surface area contributed by atoms with Gasteiger partial charge in [0.1, 0.15) is 34.6 Å². The van der Waals surface area contributed by atoms with Crippen molar-refractivity contribution in [2.24, 2.45) is 0 Å². The van der Waals surface area contributed by atoms with Crippen LogP contribution in [-0.2, 0) is 0 Å². The normalized spacial score (nSPS) is 10.3. The van der Waals surface area contributed by atoms with Gasteiger partial charge in [0.25, 0.3) is 0 Å². The number of aromatic nitrogens is 3. The highest BCUT2D eigenvalue weighted by molar-refractivity contribution is 5.38. The van der Waals surface area contributed by atoms with E-state index in [0.717, 1.165) is 5.75 Å². The third-order valence-electron chi connectivity index (χ3n) is 3.99. The van der Waals surface area contributed by atoms with E-state index in [1.807, 2.05) is 54.6 Å².